The topological polar surface area (TPSA) is 29.9 Å². The SMILES string of the molecule is CCNCC1CCC1n1cnc2cc(C)c(C)cc21. The van der Waals surface area contributed by atoms with Crippen LogP contribution in [-0.2, 0) is 0 Å². The number of imidazole rings is 1. The van der Waals surface area contributed by atoms with Gasteiger partial charge in [0.2, 0.25) is 0 Å². The van der Waals surface area contributed by atoms with Crippen LogP contribution in [0.4, 0.5) is 0 Å². The molecule has 3 nitrogen and oxygen atoms in total. The van der Waals surface area contributed by atoms with Crippen molar-refractivity contribution >= 4 is 11.0 Å². The van der Waals surface area contributed by atoms with Gasteiger partial charge in [-0.05, 0) is 69.0 Å². The van der Waals surface area contributed by atoms with Crippen LogP contribution < -0.4 is 5.32 Å². The maximum Gasteiger partial charge on any atom is 0.0961 e. The normalized spacial score (nSPS) is 22.7. The molecule has 0 amide bonds. The van der Waals surface area contributed by atoms with Gasteiger partial charge in [-0.3, -0.25) is 0 Å². The molecule has 3 rings (SSSR count). The summed E-state index contributed by atoms with van der Waals surface area (Å²) in [4.78, 5) is 4.58. The van der Waals surface area contributed by atoms with Crippen LogP contribution in [0, 0.1) is 19.8 Å². The molecule has 2 aromatic rings. The average molecular weight is 257 g/mol. The number of rotatable bonds is 4. The fourth-order valence-electron chi connectivity index (χ4n) is 3.03. The van der Waals surface area contributed by atoms with Gasteiger partial charge in [0.15, 0.2) is 0 Å². The first-order valence-corrected chi connectivity index (χ1v) is 7.35. The molecule has 1 heterocycles. The van der Waals surface area contributed by atoms with E-state index in [2.05, 4.69) is 47.8 Å². The van der Waals surface area contributed by atoms with Crippen LogP contribution in [0.15, 0.2) is 18.5 Å². The molecular weight excluding hydrogens is 234 g/mol. The van der Waals surface area contributed by atoms with Crippen LogP contribution in [0.25, 0.3) is 11.0 Å². The Balaban J connectivity index is 1.91. The van der Waals surface area contributed by atoms with E-state index >= 15 is 0 Å². The van der Waals surface area contributed by atoms with E-state index in [1.165, 1.54) is 29.5 Å². The molecule has 1 N–H and O–H groups in total. The van der Waals surface area contributed by atoms with Gasteiger partial charge in [0.25, 0.3) is 0 Å². The van der Waals surface area contributed by atoms with E-state index < -0.39 is 0 Å². The van der Waals surface area contributed by atoms with Crippen LogP contribution in [0.5, 0.6) is 0 Å². The van der Waals surface area contributed by atoms with E-state index in [4.69, 9.17) is 0 Å². The monoisotopic (exact) mass is 257 g/mol. The van der Waals surface area contributed by atoms with Crippen molar-refractivity contribution in [1.29, 1.82) is 0 Å². The first-order chi connectivity index (χ1) is 9.20. The molecule has 3 heteroatoms. The molecule has 102 valence electrons. The lowest BCUT2D eigenvalue weighted by molar-refractivity contribution is 0.182. The molecule has 1 aromatic carbocycles. The van der Waals surface area contributed by atoms with Crippen molar-refractivity contribution in [3.05, 3.63) is 29.6 Å². The van der Waals surface area contributed by atoms with E-state index in [0.29, 0.717) is 6.04 Å². The maximum absolute atomic E-state index is 4.58. The lowest BCUT2D eigenvalue weighted by Crippen LogP contribution is -2.36. The van der Waals surface area contributed by atoms with Crippen LogP contribution in [0.1, 0.15) is 36.9 Å². The second-order valence-corrected chi connectivity index (χ2v) is 5.79. The van der Waals surface area contributed by atoms with Crippen LogP contribution in [0.2, 0.25) is 0 Å². The highest BCUT2D eigenvalue weighted by Crippen LogP contribution is 2.39. The molecule has 0 radical (unpaired) electrons. The molecule has 19 heavy (non-hydrogen) atoms. The zero-order valence-electron chi connectivity index (χ0n) is 12.1. The molecule has 0 bridgehead atoms. The van der Waals surface area contributed by atoms with Crippen molar-refractivity contribution in [1.82, 2.24) is 14.9 Å². The number of nitrogens with one attached hydrogen (secondary N) is 1. The smallest absolute Gasteiger partial charge is 0.0961 e. The number of fused-ring (bicyclic) bond motifs is 1. The van der Waals surface area contributed by atoms with Crippen LogP contribution >= 0.6 is 0 Å². The molecular formula is C16H23N3. The summed E-state index contributed by atoms with van der Waals surface area (Å²) < 4.78 is 2.40. The molecule has 2 atom stereocenters. The van der Waals surface area contributed by atoms with Crippen molar-refractivity contribution in [3.8, 4) is 0 Å². The first kappa shape index (κ1) is 12.7. The van der Waals surface area contributed by atoms with Crippen molar-refractivity contribution in [3.63, 3.8) is 0 Å². The Bertz CT molecular complexity index is 585. The van der Waals surface area contributed by atoms with Gasteiger partial charge in [-0.1, -0.05) is 6.92 Å². The molecule has 2 unspecified atom stereocenters. The summed E-state index contributed by atoms with van der Waals surface area (Å²) in [7, 11) is 0. The van der Waals surface area contributed by atoms with Gasteiger partial charge < -0.3 is 9.88 Å². The molecule has 0 saturated heterocycles. The summed E-state index contributed by atoms with van der Waals surface area (Å²) in [5.74, 6) is 0.763. The third-order valence-corrected chi connectivity index (χ3v) is 4.58. The summed E-state index contributed by atoms with van der Waals surface area (Å²) in [6.07, 6.45) is 4.66. The Labute approximate surface area is 115 Å². The average Bonchev–Trinajstić information content (AvgIpc) is 2.72. The van der Waals surface area contributed by atoms with Gasteiger partial charge in [-0.15, -0.1) is 0 Å². The van der Waals surface area contributed by atoms with Gasteiger partial charge in [0.05, 0.1) is 17.4 Å². The Kier molecular flexibility index (Phi) is 3.31. The number of nitrogens with zero attached hydrogens (tertiary/aromatic N) is 2. The predicted molar refractivity (Wildman–Crippen MR) is 79.5 cm³/mol. The summed E-state index contributed by atoms with van der Waals surface area (Å²) in [5, 5.41) is 3.48. The second kappa shape index (κ2) is 4.97. The Morgan fingerprint density at radius 3 is 2.74 bits per heavy atom. The highest BCUT2D eigenvalue weighted by atomic mass is 15.1. The van der Waals surface area contributed by atoms with E-state index in [1.807, 2.05) is 6.33 Å². The molecule has 1 aliphatic rings. The molecule has 1 aliphatic carbocycles. The van der Waals surface area contributed by atoms with Crippen LogP contribution in [-0.4, -0.2) is 22.6 Å². The minimum absolute atomic E-state index is 0.631. The molecule has 1 fully saturated rings. The zero-order chi connectivity index (χ0) is 13.4. The fourth-order valence-corrected chi connectivity index (χ4v) is 3.03. The highest BCUT2D eigenvalue weighted by molar-refractivity contribution is 5.77. The third kappa shape index (κ3) is 2.16. The molecule has 0 aliphatic heterocycles. The van der Waals surface area contributed by atoms with Crippen molar-refractivity contribution in [2.24, 2.45) is 5.92 Å². The lowest BCUT2D eigenvalue weighted by Gasteiger charge is -2.38. The van der Waals surface area contributed by atoms with E-state index in [-0.39, 0.29) is 0 Å². The second-order valence-electron chi connectivity index (χ2n) is 5.79. The lowest BCUT2D eigenvalue weighted by atomic mass is 9.79. The van der Waals surface area contributed by atoms with Gasteiger partial charge in [0.1, 0.15) is 0 Å². The molecule has 1 saturated carbocycles. The van der Waals surface area contributed by atoms with E-state index in [0.717, 1.165) is 24.5 Å². The van der Waals surface area contributed by atoms with Gasteiger partial charge >= 0.3 is 0 Å². The summed E-state index contributed by atoms with van der Waals surface area (Å²) in [5.41, 5.74) is 5.12. The van der Waals surface area contributed by atoms with Crippen molar-refractivity contribution in [2.75, 3.05) is 13.1 Å². The Morgan fingerprint density at radius 1 is 1.26 bits per heavy atom. The standard InChI is InChI=1S/C16H23N3/c1-4-17-9-13-5-6-15(13)19-10-18-14-7-11(2)12(3)8-16(14)19/h7-8,10,13,15,17H,4-6,9H2,1-3H3. The number of benzene rings is 1. The zero-order valence-corrected chi connectivity index (χ0v) is 12.1. The summed E-state index contributed by atoms with van der Waals surface area (Å²) in [6.45, 7) is 8.71. The Hall–Kier alpha value is -1.35. The van der Waals surface area contributed by atoms with E-state index in [1.54, 1.807) is 0 Å². The Morgan fingerprint density at radius 2 is 2.05 bits per heavy atom. The van der Waals surface area contributed by atoms with Gasteiger partial charge in [-0.2, -0.15) is 0 Å². The summed E-state index contributed by atoms with van der Waals surface area (Å²) >= 11 is 0. The van der Waals surface area contributed by atoms with Crippen LogP contribution in [0.3, 0.4) is 0 Å². The first-order valence-electron chi connectivity index (χ1n) is 7.35. The molecule has 0 spiro atoms. The largest absolute Gasteiger partial charge is 0.327 e. The van der Waals surface area contributed by atoms with E-state index in [9.17, 15) is 0 Å². The number of hydrogen-bond acceptors (Lipinski definition) is 2. The fraction of sp³-hybridized carbons (Fsp3) is 0.562. The number of aromatic nitrogens is 2. The quantitative estimate of drug-likeness (QED) is 0.911. The van der Waals surface area contributed by atoms with Crippen molar-refractivity contribution < 1.29 is 0 Å². The minimum Gasteiger partial charge on any atom is -0.327 e. The minimum atomic E-state index is 0.631. The highest BCUT2D eigenvalue weighted by Gasteiger charge is 2.32. The molecule has 1 aromatic heterocycles. The van der Waals surface area contributed by atoms with Gasteiger partial charge in [-0.25, -0.2) is 4.98 Å². The van der Waals surface area contributed by atoms with Gasteiger partial charge in [0, 0.05) is 6.04 Å². The maximum atomic E-state index is 4.58. The number of hydrogen-bond donors (Lipinski definition) is 1. The predicted octanol–water partition coefficient (Wildman–Crippen LogP) is 3.21. The number of aryl methyl sites for hydroxylation is 2. The summed E-state index contributed by atoms with van der Waals surface area (Å²) in [6, 6.07) is 5.13. The third-order valence-electron chi connectivity index (χ3n) is 4.58. The van der Waals surface area contributed by atoms with Crippen molar-refractivity contribution in [2.45, 2.75) is 39.7 Å².